The highest BCUT2D eigenvalue weighted by Crippen LogP contribution is 2.34. The largest absolute Gasteiger partial charge is 0.481 e. The molecule has 2 heterocycles. The number of likely N-dealkylation sites (tertiary alicyclic amines) is 1. The van der Waals surface area contributed by atoms with Crippen LogP contribution in [0.5, 0.6) is 5.75 Å². The van der Waals surface area contributed by atoms with E-state index in [-0.39, 0.29) is 37.9 Å². The molecule has 0 saturated carbocycles. The number of carbonyl (C=O) groups excluding carboxylic acids is 2. The van der Waals surface area contributed by atoms with Gasteiger partial charge in [0.25, 0.3) is 5.91 Å². The molecule has 2 unspecified atom stereocenters. The molecule has 2 atom stereocenters. The number of para-hydroxylation sites is 2. The first-order valence-electron chi connectivity index (χ1n) is 8.95. The van der Waals surface area contributed by atoms with Crippen molar-refractivity contribution in [3.63, 3.8) is 0 Å². The standard InChI is InChI=1S/C19H24N2O6/c1-13-17(23)21(14-5-3-4-6-15(14)27-13)9-7-16(22)20-10-8-19(11-20,12-26-2)18(24)25/h3-6,13H,7-12H2,1-2H3,(H,24,25). The number of rotatable bonds is 6. The monoisotopic (exact) mass is 376 g/mol. The third-order valence-electron chi connectivity index (χ3n) is 5.20. The van der Waals surface area contributed by atoms with Crippen LogP contribution in [0.2, 0.25) is 0 Å². The van der Waals surface area contributed by atoms with Crippen molar-refractivity contribution in [2.45, 2.75) is 25.9 Å². The van der Waals surface area contributed by atoms with Gasteiger partial charge in [-0.25, -0.2) is 0 Å². The van der Waals surface area contributed by atoms with E-state index in [0.29, 0.717) is 24.4 Å². The minimum atomic E-state index is -1.06. The summed E-state index contributed by atoms with van der Waals surface area (Å²) in [5, 5.41) is 9.52. The Hall–Kier alpha value is -2.61. The Labute approximate surface area is 157 Å². The smallest absolute Gasteiger partial charge is 0.313 e. The van der Waals surface area contributed by atoms with E-state index < -0.39 is 17.5 Å². The van der Waals surface area contributed by atoms with Crippen LogP contribution in [0.25, 0.3) is 0 Å². The number of methoxy groups -OCH3 is 1. The van der Waals surface area contributed by atoms with Gasteiger partial charge in [0.15, 0.2) is 6.10 Å². The number of nitrogens with zero attached hydrogens (tertiary/aromatic N) is 2. The lowest BCUT2D eigenvalue weighted by atomic mass is 9.88. The molecule has 146 valence electrons. The Bertz CT molecular complexity index is 751. The second-order valence-corrected chi connectivity index (χ2v) is 7.05. The molecule has 8 heteroatoms. The summed E-state index contributed by atoms with van der Waals surface area (Å²) in [6.45, 7) is 2.47. The highest BCUT2D eigenvalue weighted by molar-refractivity contribution is 6.00. The predicted octanol–water partition coefficient (Wildman–Crippen LogP) is 1.14. The fraction of sp³-hybridized carbons (Fsp3) is 0.526. The topological polar surface area (TPSA) is 96.4 Å². The zero-order valence-corrected chi connectivity index (χ0v) is 15.5. The number of carbonyl (C=O) groups is 3. The molecule has 2 amide bonds. The van der Waals surface area contributed by atoms with Crippen LogP contribution in [0.1, 0.15) is 19.8 Å². The molecule has 27 heavy (non-hydrogen) atoms. The number of amides is 2. The first-order valence-corrected chi connectivity index (χ1v) is 8.95. The Morgan fingerprint density at radius 3 is 2.81 bits per heavy atom. The van der Waals surface area contributed by atoms with E-state index in [1.165, 1.54) is 7.11 Å². The first-order chi connectivity index (χ1) is 12.9. The van der Waals surface area contributed by atoms with Crippen molar-refractivity contribution >= 4 is 23.5 Å². The molecular weight excluding hydrogens is 352 g/mol. The van der Waals surface area contributed by atoms with Crippen LogP contribution >= 0.6 is 0 Å². The molecule has 3 rings (SSSR count). The SMILES string of the molecule is COCC1(C(=O)O)CCN(C(=O)CCN2C(=O)C(C)Oc3ccccc32)C1. The fourth-order valence-electron chi connectivity index (χ4n) is 3.67. The van der Waals surface area contributed by atoms with Gasteiger partial charge in [-0.2, -0.15) is 0 Å². The zero-order valence-electron chi connectivity index (χ0n) is 15.5. The Morgan fingerprint density at radius 2 is 2.11 bits per heavy atom. The quantitative estimate of drug-likeness (QED) is 0.800. The molecule has 1 N–H and O–H groups in total. The van der Waals surface area contributed by atoms with E-state index in [1.54, 1.807) is 28.9 Å². The lowest BCUT2D eigenvalue weighted by Gasteiger charge is -2.33. The maximum absolute atomic E-state index is 12.6. The van der Waals surface area contributed by atoms with E-state index in [1.807, 2.05) is 12.1 Å². The van der Waals surface area contributed by atoms with Gasteiger partial charge in [-0.05, 0) is 25.5 Å². The van der Waals surface area contributed by atoms with Crippen LogP contribution in [-0.4, -0.2) is 67.2 Å². The van der Waals surface area contributed by atoms with Gasteiger partial charge in [0, 0.05) is 33.2 Å². The van der Waals surface area contributed by atoms with E-state index >= 15 is 0 Å². The van der Waals surface area contributed by atoms with Crippen molar-refractivity contribution in [2.24, 2.45) is 5.41 Å². The molecule has 1 saturated heterocycles. The highest BCUT2D eigenvalue weighted by Gasteiger charge is 2.46. The molecule has 1 aromatic rings. The molecule has 2 aliphatic heterocycles. The molecule has 0 aromatic heterocycles. The van der Waals surface area contributed by atoms with E-state index in [9.17, 15) is 19.5 Å². The van der Waals surface area contributed by atoms with Crippen LogP contribution in [0.15, 0.2) is 24.3 Å². The summed E-state index contributed by atoms with van der Waals surface area (Å²) in [4.78, 5) is 39.8. The first kappa shape index (κ1) is 19.2. The Kier molecular flexibility index (Phi) is 5.36. The summed E-state index contributed by atoms with van der Waals surface area (Å²) in [7, 11) is 1.46. The minimum absolute atomic E-state index is 0.0684. The van der Waals surface area contributed by atoms with Crippen molar-refractivity contribution in [3.8, 4) is 5.75 Å². The molecule has 0 aliphatic carbocycles. The number of benzene rings is 1. The fourth-order valence-corrected chi connectivity index (χ4v) is 3.67. The van der Waals surface area contributed by atoms with Crippen molar-refractivity contribution < 1.29 is 29.0 Å². The molecule has 0 radical (unpaired) electrons. The number of carboxylic acids is 1. The van der Waals surface area contributed by atoms with Crippen molar-refractivity contribution in [1.29, 1.82) is 0 Å². The maximum atomic E-state index is 12.6. The number of hydrogen-bond donors (Lipinski definition) is 1. The maximum Gasteiger partial charge on any atom is 0.313 e. The number of ether oxygens (including phenoxy) is 2. The lowest BCUT2D eigenvalue weighted by molar-refractivity contribution is -0.151. The molecule has 8 nitrogen and oxygen atoms in total. The zero-order chi connectivity index (χ0) is 19.6. The molecular formula is C19H24N2O6. The van der Waals surface area contributed by atoms with Crippen LogP contribution in [-0.2, 0) is 19.1 Å². The molecule has 0 bridgehead atoms. The van der Waals surface area contributed by atoms with Gasteiger partial charge >= 0.3 is 5.97 Å². The minimum Gasteiger partial charge on any atom is -0.481 e. The van der Waals surface area contributed by atoms with E-state index in [0.717, 1.165) is 0 Å². The van der Waals surface area contributed by atoms with Crippen LogP contribution in [0.3, 0.4) is 0 Å². The average Bonchev–Trinajstić information content (AvgIpc) is 3.08. The Balaban J connectivity index is 1.66. The third kappa shape index (κ3) is 3.62. The van der Waals surface area contributed by atoms with Gasteiger partial charge in [-0.15, -0.1) is 0 Å². The number of carboxylic acid groups (broad SMARTS) is 1. The third-order valence-corrected chi connectivity index (χ3v) is 5.20. The molecule has 1 fully saturated rings. The van der Waals surface area contributed by atoms with E-state index in [2.05, 4.69) is 0 Å². The average molecular weight is 376 g/mol. The summed E-state index contributed by atoms with van der Waals surface area (Å²) < 4.78 is 10.6. The van der Waals surface area contributed by atoms with Crippen molar-refractivity contribution in [3.05, 3.63) is 24.3 Å². The summed E-state index contributed by atoms with van der Waals surface area (Å²) in [5.74, 6) is -0.699. The number of fused-ring (bicyclic) bond motifs is 1. The van der Waals surface area contributed by atoms with Gasteiger partial charge in [0.1, 0.15) is 11.2 Å². The molecule has 0 spiro atoms. The lowest BCUT2D eigenvalue weighted by Crippen LogP contribution is -2.46. The van der Waals surface area contributed by atoms with Crippen molar-refractivity contribution in [1.82, 2.24) is 4.90 Å². The summed E-state index contributed by atoms with van der Waals surface area (Å²) in [5.41, 5.74) is -0.408. The highest BCUT2D eigenvalue weighted by atomic mass is 16.5. The van der Waals surface area contributed by atoms with Crippen LogP contribution < -0.4 is 9.64 Å². The summed E-state index contributed by atoms with van der Waals surface area (Å²) in [6, 6.07) is 7.22. The number of anilines is 1. The van der Waals surface area contributed by atoms with Gasteiger partial charge in [-0.1, -0.05) is 12.1 Å². The van der Waals surface area contributed by atoms with Crippen LogP contribution in [0.4, 0.5) is 5.69 Å². The number of aliphatic carboxylic acids is 1. The van der Waals surface area contributed by atoms with Crippen molar-refractivity contribution in [2.75, 3.05) is 38.3 Å². The Morgan fingerprint density at radius 1 is 1.37 bits per heavy atom. The van der Waals surface area contributed by atoms with E-state index in [4.69, 9.17) is 9.47 Å². The van der Waals surface area contributed by atoms with Gasteiger partial charge in [0.05, 0.1) is 12.3 Å². The van der Waals surface area contributed by atoms with Crippen LogP contribution in [0, 0.1) is 5.41 Å². The second-order valence-electron chi connectivity index (χ2n) is 7.05. The normalized spacial score (nSPS) is 24.5. The molecule has 2 aliphatic rings. The van der Waals surface area contributed by atoms with Gasteiger partial charge in [-0.3, -0.25) is 14.4 Å². The van der Waals surface area contributed by atoms with Gasteiger partial charge in [0.2, 0.25) is 5.91 Å². The summed E-state index contributed by atoms with van der Waals surface area (Å²) in [6.07, 6.45) is -0.128. The second kappa shape index (κ2) is 7.56. The summed E-state index contributed by atoms with van der Waals surface area (Å²) >= 11 is 0. The predicted molar refractivity (Wildman–Crippen MR) is 96.6 cm³/mol. The molecule has 1 aromatic carbocycles. The van der Waals surface area contributed by atoms with Gasteiger partial charge < -0.3 is 24.4 Å². The number of hydrogen-bond acceptors (Lipinski definition) is 5.